The molecular weight excluding hydrogens is 863 g/mol. The Morgan fingerprint density at radius 3 is 0.971 bits per heavy atom. The third-order valence-electron chi connectivity index (χ3n) is 15.1. The van der Waals surface area contributed by atoms with E-state index in [2.05, 4.69) is 19.2 Å². The zero-order chi connectivity index (χ0) is 50.7. The molecule has 2 unspecified atom stereocenters. The average Bonchev–Trinajstić information content (AvgIpc) is 3.36. The maximum atomic E-state index is 12.5. The summed E-state index contributed by atoms with van der Waals surface area (Å²) in [5.74, 6) is -0.0604. The van der Waals surface area contributed by atoms with E-state index in [0.717, 1.165) is 38.5 Å². The number of amides is 1. The molecule has 0 aliphatic carbocycles. The Labute approximate surface area is 438 Å². The van der Waals surface area contributed by atoms with Gasteiger partial charge in [-0.2, -0.15) is 0 Å². The van der Waals surface area contributed by atoms with Crippen molar-refractivity contribution in [1.82, 2.24) is 5.32 Å². The number of hydrogen-bond acceptors (Lipinski definition) is 5. The number of nitrogens with one attached hydrogen (secondary N) is 1. The molecule has 6 heteroatoms. The highest BCUT2D eigenvalue weighted by atomic mass is 16.5. The van der Waals surface area contributed by atoms with Crippen LogP contribution in [0.15, 0.2) is 12.2 Å². The summed E-state index contributed by atoms with van der Waals surface area (Å²) in [5, 5.41) is 23.2. The van der Waals surface area contributed by atoms with Gasteiger partial charge in [-0.3, -0.25) is 9.59 Å². The Balaban J connectivity index is 3.44. The van der Waals surface area contributed by atoms with Crippen molar-refractivity contribution < 1.29 is 24.5 Å². The quantitative estimate of drug-likeness (QED) is 0.0321. The summed E-state index contributed by atoms with van der Waals surface area (Å²) in [4.78, 5) is 24.5. The van der Waals surface area contributed by atoms with E-state index in [9.17, 15) is 19.8 Å². The summed E-state index contributed by atoms with van der Waals surface area (Å²) < 4.78 is 5.47. The van der Waals surface area contributed by atoms with Crippen molar-refractivity contribution >= 4 is 11.9 Å². The second kappa shape index (κ2) is 60.2. The van der Waals surface area contributed by atoms with Gasteiger partial charge in [0.15, 0.2) is 0 Å². The van der Waals surface area contributed by atoms with Crippen molar-refractivity contribution in [2.24, 2.45) is 0 Å². The lowest BCUT2D eigenvalue weighted by Gasteiger charge is -2.20. The largest absolute Gasteiger partial charge is 0.466 e. The molecule has 2 atom stereocenters. The summed E-state index contributed by atoms with van der Waals surface area (Å²) >= 11 is 0. The van der Waals surface area contributed by atoms with Gasteiger partial charge in [-0.1, -0.05) is 328 Å². The van der Waals surface area contributed by atoms with Gasteiger partial charge in [-0.25, -0.2) is 0 Å². The molecule has 416 valence electrons. The first kappa shape index (κ1) is 68.6. The molecule has 0 spiro atoms. The van der Waals surface area contributed by atoms with Gasteiger partial charge in [0.05, 0.1) is 25.4 Å². The average molecular weight is 989 g/mol. The van der Waals surface area contributed by atoms with E-state index in [0.29, 0.717) is 19.4 Å². The molecule has 0 saturated heterocycles. The third-order valence-corrected chi connectivity index (χ3v) is 15.1. The van der Waals surface area contributed by atoms with Crippen LogP contribution < -0.4 is 5.32 Å². The Morgan fingerprint density at radius 2 is 0.657 bits per heavy atom. The summed E-state index contributed by atoms with van der Waals surface area (Å²) in [5.41, 5.74) is 0. The van der Waals surface area contributed by atoms with E-state index in [1.165, 1.54) is 295 Å². The first-order valence-corrected chi connectivity index (χ1v) is 32.0. The van der Waals surface area contributed by atoms with Crippen LogP contribution in [0.4, 0.5) is 0 Å². The second-order valence-corrected chi connectivity index (χ2v) is 22.1. The second-order valence-electron chi connectivity index (χ2n) is 22.1. The van der Waals surface area contributed by atoms with Crippen LogP contribution in [-0.2, 0) is 14.3 Å². The van der Waals surface area contributed by atoms with Gasteiger partial charge in [0.1, 0.15) is 0 Å². The molecule has 0 fully saturated rings. The van der Waals surface area contributed by atoms with Gasteiger partial charge in [-0.05, 0) is 32.1 Å². The van der Waals surface area contributed by atoms with Crippen molar-refractivity contribution in [3.63, 3.8) is 0 Å². The third kappa shape index (κ3) is 55.9. The first-order valence-electron chi connectivity index (χ1n) is 32.0. The van der Waals surface area contributed by atoms with Crippen LogP contribution in [0.2, 0.25) is 0 Å². The van der Waals surface area contributed by atoms with Gasteiger partial charge in [-0.15, -0.1) is 0 Å². The van der Waals surface area contributed by atoms with Crippen molar-refractivity contribution in [2.45, 2.75) is 373 Å². The first-order chi connectivity index (χ1) is 34.5. The van der Waals surface area contributed by atoms with Crippen LogP contribution in [0, 0.1) is 0 Å². The standard InChI is InChI=1S/C64H125NO5/c1-3-5-7-9-11-13-15-16-17-18-19-20-21-22-23-24-27-30-33-37-40-44-48-52-56-62(67)61(60-66)65-63(68)57-53-49-45-41-38-34-31-28-25-26-29-32-35-39-43-47-51-55-59-70-64(69)58-54-50-46-42-36-14-12-10-8-6-4-2/h52,56,61-62,66-67H,3-51,53-55,57-60H2,1-2H3,(H,65,68)/b56-52+. The molecule has 6 nitrogen and oxygen atoms in total. The molecule has 0 heterocycles. The van der Waals surface area contributed by atoms with Crippen LogP contribution >= 0.6 is 0 Å². The summed E-state index contributed by atoms with van der Waals surface area (Å²) in [6.45, 7) is 4.92. The highest BCUT2D eigenvalue weighted by molar-refractivity contribution is 5.76. The predicted molar refractivity (Wildman–Crippen MR) is 306 cm³/mol. The number of carbonyl (C=O) groups excluding carboxylic acids is 2. The molecule has 0 aliphatic rings. The van der Waals surface area contributed by atoms with Crippen LogP contribution in [0.3, 0.4) is 0 Å². The predicted octanol–water partition coefficient (Wildman–Crippen LogP) is 20.0. The summed E-state index contributed by atoms with van der Waals surface area (Å²) in [7, 11) is 0. The van der Waals surface area contributed by atoms with E-state index in [1.807, 2.05) is 6.08 Å². The van der Waals surface area contributed by atoms with E-state index in [-0.39, 0.29) is 18.5 Å². The van der Waals surface area contributed by atoms with E-state index in [1.54, 1.807) is 6.08 Å². The highest BCUT2D eigenvalue weighted by Gasteiger charge is 2.18. The minimum Gasteiger partial charge on any atom is -0.466 e. The van der Waals surface area contributed by atoms with Crippen LogP contribution in [0.1, 0.15) is 361 Å². The van der Waals surface area contributed by atoms with Crippen LogP contribution in [-0.4, -0.2) is 47.4 Å². The number of esters is 1. The number of aliphatic hydroxyl groups is 2. The SMILES string of the molecule is CCCCCCCCCCCCCCCCCCCCCCCC/C=C/C(O)C(CO)NC(=O)CCCCCCCCCCCCCCCCCCCCOC(=O)CCCCCCCCCCCCC. The Bertz CT molecular complexity index is 1050. The molecule has 0 aromatic heterocycles. The fraction of sp³-hybridized carbons (Fsp3) is 0.938. The Hall–Kier alpha value is -1.40. The molecule has 0 aromatic carbocycles. The number of aliphatic hydroxyl groups excluding tert-OH is 2. The number of unbranched alkanes of at least 4 members (excludes halogenated alkanes) is 49. The fourth-order valence-electron chi connectivity index (χ4n) is 10.2. The van der Waals surface area contributed by atoms with E-state index < -0.39 is 12.1 Å². The molecule has 1 amide bonds. The molecule has 0 bridgehead atoms. The van der Waals surface area contributed by atoms with Crippen molar-refractivity contribution in [2.75, 3.05) is 13.2 Å². The molecule has 0 aromatic rings. The molecular formula is C64H125NO5. The molecule has 0 radical (unpaired) electrons. The zero-order valence-corrected chi connectivity index (χ0v) is 47.5. The van der Waals surface area contributed by atoms with Gasteiger partial charge >= 0.3 is 5.97 Å². The lowest BCUT2D eigenvalue weighted by atomic mass is 10.0. The Kier molecular flexibility index (Phi) is 59.0. The molecule has 70 heavy (non-hydrogen) atoms. The maximum absolute atomic E-state index is 12.5. The highest BCUT2D eigenvalue weighted by Crippen LogP contribution is 2.18. The minimum absolute atomic E-state index is 0.00715. The number of hydrogen-bond donors (Lipinski definition) is 3. The smallest absolute Gasteiger partial charge is 0.305 e. The van der Waals surface area contributed by atoms with E-state index >= 15 is 0 Å². The lowest BCUT2D eigenvalue weighted by molar-refractivity contribution is -0.143. The maximum Gasteiger partial charge on any atom is 0.305 e. The molecule has 0 saturated carbocycles. The monoisotopic (exact) mass is 988 g/mol. The zero-order valence-electron chi connectivity index (χ0n) is 47.5. The molecule has 3 N–H and O–H groups in total. The van der Waals surface area contributed by atoms with Crippen LogP contribution in [0.5, 0.6) is 0 Å². The summed E-state index contributed by atoms with van der Waals surface area (Å²) in [6.07, 6.45) is 72.6. The van der Waals surface area contributed by atoms with Crippen molar-refractivity contribution in [1.29, 1.82) is 0 Å². The fourth-order valence-corrected chi connectivity index (χ4v) is 10.2. The number of carbonyl (C=O) groups is 2. The van der Waals surface area contributed by atoms with Gasteiger partial charge < -0.3 is 20.3 Å². The lowest BCUT2D eigenvalue weighted by Crippen LogP contribution is -2.45. The van der Waals surface area contributed by atoms with Gasteiger partial charge in [0.2, 0.25) is 5.91 Å². The van der Waals surface area contributed by atoms with Gasteiger partial charge in [0, 0.05) is 12.8 Å². The molecule has 0 aliphatic heterocycles. The number of ether oxygens (including phenoxy) is 1. The topological polar surface area (TPSA) is 95.9 Å². The number of rotatable bonds is 60. The summed E-state index contributed by atoms with van der Waals surface area (Å²) in [6, 6.07) is -0.631. The van der Waals surface area contributed by atoms with E-state index in [4.69, 9.17) is 4.74 Å². The Morgan fingerprint density at radius 1 is 0.386 bits per heavy atom. The van der Waals surface area contributed by atoms with Crippen molar-refractivity contribution in [3.05, 3.63) is 12.2 Å². The normalized spacial score (nSPS) is 12.6. The van der Waals surface area contributed by atoms with Gasteiger partial charge in [0.25, 0.3) is 0 Å². The van der Waals surface area contributed by atoms with Crippen molar-refractivity contribution in [3.8, 4) is 0 Å². The minimum atomic E-state index is -0.848. The number of allylic oxidation sites excluding steroid dienone is 1. The molecule has 0 rings (SSSR count). The van der Waals surface area contributed by atoms with Crippen LogP contribution in [0.25, 0.3) is 0 Å².